The summed E-state index contributed by atoms with van der Waals surface area (Å²) in [6, 6.07) is 28.7. The van der Waals surface area contributed by atoms with Gasteiger partial charge in [-0.15, -0.1) is 5.10 Å². The number of anilines is 1. The average Bonchev–Trinajstić information content (AvgIpc) is 3.07. The molecule has 0 saturated heterocycles. The molecule has 3 aromatic carbocycles. The van der Waals surface area contributed by atoms with Crippen LogP contribution in [0.2, 0.25) is 0 Å². The highest BCUT2D eigenvalue weighted by Gasteiger charge is 2.16. The molecule has 118 valence electrons. The van der Waals surface area contributed by atoms with E-state index < -0.39 is 0 Å². The summed E-state index contributed by atoms with van der Waals surface area (Å²) in [6.45, 7) is 0. The lowest BCUT2D eigenvalue weighted by Crippen LogP contribution is -2.22. The fourth-order valence-corrected chi connectivity index (χ4v) is 2.88. The normalized spacial score (nSPS) is 12.2. The molecule has 0 fully saturated rings. The van der Waals surface area contributed by atoms with Crippen molar-refractivity contribution in [3.05, 3.63) is 90.5 Å². The van der Waals surface area contributed by atoms with Crippen LogP contribution in [0, 0.1) is 0 Å². The first-order valence-electron chi connectivity index (χ1n) is 8.05. The van der Waals surface area contributed by atoms with Gasteiger partial charge in [0.2, 0.25) is 0 Å². The van der Waals surface area contributed by atoms with Crippen LogP contribution in [0.15, 0.2) is 84.9 Å². The van der Waals surface area contributed by atoms with E-state index in [0.717, 1.165) is 23.1 Å². The Bertz CT molecular complexity index is 874. The first kappa shape index (κ1) is 14.5. The van der Waals surface area contributed by atoms with E-state index in [1.54, 1.807) is 0 Å². The van der Waals surface area contributed by atoms with Crippen LogP contribution < -0.4 is 5.32 Å². The van der Waals surface area contributed by atoms with Crippen LogP contribution in [0.1, 0.15) is 11.7 Å². The van der Waals surface area contributed by atoms with Gasteiger partial charge < -0.3 is 5.32 Å². The Morgan fingerprint density at radius 1 is 0.792 bits per heavy atom. The van der Waals surface area contributed by atoms with Gasteiger partial charge in [-0.25, -0.2) is 4.68 Å². The van der Waals surface area contributed by atoms with E-state index in [0.29, 0.717) is 0 Å². The molecule has 1 atom stereocenters. The quantitative estimate of drug-likeness (QED) is 0.598. The first-order chi connectivity index (χ1) is 11.9. The average molecular weight is 314 g/mol. The SMILES string of the molecule is c1ccc(CC(Nc2ccccc2)n2nnc3ccccc32)cc1. The van der Waals surface area contributed by atoms with Crippen LogP contribution in [0.5, 0.6) is 0 Å². The Labute approximate surface area is 140 Å². The van der Waals surface area contributed by atoms with Gasteiger partial charge in [-0.05, 0) is 29.8 Å². The summed E-state index contributed by atoms with van der Waals surface area (Å²) in [6.07, 6.45) is 0.811. The number of fused-ring (bicyclic) bond motifs is 1. The number of hydrogen-bond acceptors (Lipinski definition) is 3. The minimum Gasteiger partial charge on any atom is -0.363 e. The van der Waals surface area contributed by atoms with Crippen molar-refractivity contribution < 1.29 is 0 Å². The lowest BCUT2D eigenvalue weighted by Gasteiger charge is -2.21. The summed E-state index contributed by atoms with van der Waals surface area (Å²) in [5.74, 6) is 0. The Morgan fingerprint density at radius 2 is 1.46 bits per heavy atom. The first-order valence-corrected chi connectivity index (χ1v) is 8.05. The van der Waals surface area contributed by atoms with Gasteiger partial charge in [0.05, 0.1) is 5.52 Å². The van der Waals surface area contributed by atoms with Crippen LogP contribution >= 0.6 is 0 Å². The standard InChI is InChI=1S/C20H18N4/c1-3-9-16(10-4-1)15-20(21-17-11-5-2-6-12-17)24-19-14-8-7-13-18(19)22-23-24/h1-14,20-21H,15H2. The minimum absolute atomic E-state index is 0.0119. The number of benzene rings is 3. The summed E-state index contributed by atoms with van der Waals surface area (Å²) < 4.78 is 1.97. The number of para-hydroxylation sites is 2. The Morgan fingerprint density at radius 3 is 2.25 bits per heavy atom. The maximum Gasteiger partial charge on any atom is 0.127 e. The molecular weight excluding hydrogens is 296 g/mol. The second kappa shape index (κ2) is 6.54. The van der Waals surface area contributed by atoms with Crippen molar-refractivity contribution in [2.24, 2.45) is 0 Å². The smallest absolute Gasteiger partial charge is 0.127 e. The second-order valence-electron chi connectivity index (χ2n) is 5.74. The summed E-state index contributed by atoms with van der Waals surface area (Å²) in [5.41, 5.74) is 4.26. The Kier molecular flexibility index (Phi) is 3.94. The van der Waals surface area contributed by atoms with E-state index in [-0.39, 0.29) is 6.17 Å². The zero-order chi connectivity index (χ0) is 16.2. The highest BCUT2D eigenvalue weighted by molar-refractivity contribution is 5.74. The molecule has 0 aliphatic heterocycles. The van der Waals surface area contributed by atoms with Crippen LogP contribution in [0.25, 0.3) is 11.0 Å². The molecule has 0 aliphatic carbocycles. The maximum absolute atomic E-state index is 4.39. The Balaban J connectivity index is 1.72. The van der Waals surface area contributed by atoms with Crippen molar-refractivity contribution in [1.29, 1.82) is 0 Å². The molecule has 4 nitrogen and oxygen atoms in total. The van der Waals surface area contributed by atoms with Gasteiger partial charge in [-0.1, -0.05) is 65.9 Å². The molecule has 1 aromatic heterocycles. The molecule has 0 aliphatic rings. The fraction of sp³-hybridized carbons (Fsp3) is 0.100. The maximum atomic E-state index is 4.39. The second-order valence-corrected chi connectivity index (χ2v) is 5.74. The molecule has 0 amide bonds. The lowest BCUT2D eigenvalue weighted by atomic mass is 10.1. The van der Waals surface area contributed by atoms with Crippen LogP contribution in [-0.4, -0.2) is 15.0 Å². The van der Waals surface area contributed by atoms with Gasteiger partial charge in [0.25, 0.3) is 0 Å². The molecule has 24 heavy (non-hydrogen) atoms. The van der Waals surface area contributed by atoms with Crippen molar-refractivity contribution in [3.63, 3.8) is 0 Å². The largest absolute Gasteiger partial charge is 0.363 e. The van der Waals surface area contributed by atoms with Crippen molar-refractivity contribution in [2.45, 2.75) is 12.6 Å². The van der Waals surface area contributed by atoms with E-state index in [1.807, 2.05) is 47.1 Å². The van der Waals surface area contributed by atoms with Gasteiger partial charge in [-0.3, -0.25) is 0 Å². The molecule has 4 aromatic rings. The number of nitrogens with one attached hydrogen (secondary N) is 1. The molecule has 1 N–H and O–H groups in total. The van der Waals surface area contributed by atoms with Crippen molar-refractivity contribution >= 4 is 16.7 Å². The minimum atomic E-state index is -0.0119. The van der Waals surface area contributed by atoms with E-state index >= 15 is 0 Å². The third-order valence-electron chi connectivity index (χ3n) is 4.05. The van der Waals surface area contributed by atoms with Crippen molar-refractivity contribution in [1.82, 2.24) is 15.0 Å². The van der Waals surface area contributed by atoms with Gasteiger partial charge in [-0.2, -0.15) is 0 Å². The van der Waals surface area contributed by atoms with Crippen LogP contribution in [0.3, 0.4) is 0 Å². The van der Waals surface area contributed by atoms with Crippen molar-refractivity contribution in [3.8, 4) is 0 Å². The predicted molar refractivity (Wildman–Crippen MR) is 96.8 cm³/mol. The fourth-order valence-electron chi connectivity index (χ4n) is 2.88. The highest BCUT2D eigenvalue weighted by Crippen LogP contribution is 2.21. The summed E-state index contributed by atoms with van der Waals surface area (Å²) in [7, 11) is 0. The topological polar surface area (TPSA) is 42.7 Å². The number of rotatable bonds is 5. The number of hydrogen-bond donors (Lipinski definition) is 1. The van der Waals surface area contributed by atoms with E-state index in [1.165, 1.54) is 5.56 Å². The summed E-state index contributed by atoms with van der Waals surface area (Å²) in [5, 5.41) is 12.3. The van der Waals surface area contributed by atoms with Gasteiger partial charge in [0.15, 0.2) is 0 Å². The zero-order valence-electron chi connectivity index (χ0n) is 13.2. The Hall–Kier alpha value is -3.14. The summed E-state index contributed by atoms with van der Waals surface area (Å²) >= 11 is 0. The molecule has 0 radical (unpaired) electrons. The van der Waals surface area contributed by atoms with Crippen LogP contribution in [0.4, 0.5) is 5.69 Å². The third kappa shape index (κ3) is 2.99. The molecule has 1 unspecified atom stereocenters. The van der Waals surface area contributed by atoms with Gasteiger partial charge in [0, 0.05) is 12.1 Å². The summed E-state index contributed by atoms with van der Waals surface area (Å²) in [4.78, 5) is 0. The molecular formula is C20H18N4. The third-order valence-corrected chi connectivity index (χ3v) is 4.05. The zero-order valence-corrected chi connectivity index (χ0v) is 13.2. The van der Waals surface area contributed by atoms with E-state index in [9.17, 15) is 0 Å². The molecule has 1 heterocycles. The predicted octanol–water partition coefficient (Wildman–Crippen LogP) is 4.28. The number of aromatic nitrogens is 3. The van der Waals surface area contributed by atoms with Gasteiger partial charge >= 0.3 is 0 Å². The lowest BCUT2D eigenvalue weighted by molar-refractivity contribution is 0.500. The molecule has 0 bridgehead atoms. The number of nitrogens with zero attached hydrogens (tertiary/aromatic N) is 3. The van der Waals surface area contributed by atoms with E-state index in [2.05, 4.69) is 58.1 Å². The monoisotopic (exact) mass is 314 g/mol. The molecule has 4 heteroatoms. The molecule has 0 spiro atoms. The van der Waals surface area contributed by atoms with Crippen LogP contribution in [-0.2, 0) is 6.42 Å². The highest BCUT2D eigenvalue weighted by atomic mass is 15.5. The molecule has 0 saturated carbocycles. The van der Waals surface area contributed by atoms with Gasteiger partial charge in [0.1, 0.15) is 11.7 Å². The van der Waals surface area contributed by atoms with Crippen molar-refractivity contribution in [2.75, 3.05) is 5.32 Å². The molecule has 4 rings (SSSR count). The van der Waals surface area contributed by atoms with E-state index in [4.69, 9.17) is 0 Å².